The smallest absolute Gasteiger partial charge is 0.282 e. The molecule has 0 saturated carbocycles. The molecule has 1 aromatic rings. The van der Waals surface area contributed by atoms with Crippen LogP contribution in [0.15, 0.2) is 17.0 Å². The third kappa shape index (κ3) is 2.25. The zero-order chi connectivity index (χ0) is 11.8. The predicted octanol–water partition coefficient (Wildman–Crippen LogP) is 1.80. The summed E-state index contributed by atoms with van der Waals surface area (Å²) >= 11 is 5.51. The van der Waals surface area contributed by atoms with E-state index in [1.165, 1.54) is 13.0 Å². The quantitative estimate of drug-likeness (QED) is 0.491. The van der Waals surface area contributed by atoms with Crippen molar-refractivity contribution >= 4 is 27.4 Å². The number of rotatable bonds is 2. The lowest BCUT2D eigenvalue weighted by Gasteiger charge is -2.03. The van der Waals surface area contributed by atoms with Gasteiger partial charge in [-0.25, -0.2) is 0 Å². The topological polar surface area (TPSA) is 97.5 Å². The van der Waals surface area contributed by atoms with Crippen molar-refractivity contribution in [2.45, 2.75) is 11.8 Å². The van der Waals surface area contributed by atoms with Crippen LogP contribution in [-0.4, -0.2) is 17.9 Å². The van der Waals surface area contributed by atoms with Gasteiger partial charge in [-0.2, -0.15) is 8.42 Å². The van der Waals surface area contributed by atoms with E-state index in [9.17, 15) is 18.5 Å². The minimum atomic E-state index is -4.54. The Kier molecular flexibility index (Phi) is 2.98. The fourth-order valence-electron chi connectivity index (χ4n) is 1.07. The van der Waals surface area contributed by atoms with Gasteiger partial charge in [0.05, 0.1) is 4.92 Å². The van der Waals surface area contributed by atoms with Crippen molar-refractivity contribution in [1.29, 1.82) is 0 Å². The highest BCUT2D eigenvalue weighted by atomic mass is 35.5. The van der Waals surface area contributed by atoms with E-state index in [0.717, 1.165) is 6.07 Å². The summed E-state index contributed by atoms with van der Waals surface area (Å²) in [4.78, 5) is 9.10. The first-order valence-electron chi connectivity index (χ1n) is 3.66. The molecule has 0 spiro atoms. The number of hydrogen-bond acceptors (Lipinski definition) is 4. The van der Waals surface area contributed by atoms with Gasteiger partial charge >= 0.3 is 0 Å². The normalized spacial score (nSPS) is 11.4. The molecule has 0 unspecified atom stereocenters. The van der Waals surface area contributed by atoms with Crippen LogP contribution < -0.4 is 0 Å². The van der Waals surface area contributed by atoms with E-state index >= 15 is 0 Å². The number of hydrogen-bond donors (Lipinski definition) is 1. The van der Waals surface area contributed by atoms with Crippen LogP contribution in [0.4, 0.5) is 5.69 Å². The summed E-state index contributed by atoms with van der Waals surface area (Å²) in [5, 5.41) is 9.99. The molecule has 1 N–H and O–H groups in total. The molecule has 8 heteroatoms. The monoisotopic (exact) mass is 251 g/mol. The highest BCUT2D eigenvalue weighted by Gasteiger charge is 2.25. The average Bonchev–Trinajstić information content (AvgIpc) is 2.00. The number of aryl methyl sites for hydroxylation is 1. The van der Waals surface area contributed by atoms with Gasteiger partial charge in [0.15, 0.2) is 0 Å². The Labute approximate surface area is 90.4 Å². The molecule has 15 heavy (non-hydrogen) atoms. The highest BCUT2D eigenvalue weighted by molar-refractivity contribution is 7.86. The second-order valence-corrected chi connectivity index (χ2v) is 4.54. The van der Waals surface area contributed by atoms with Crippen molar-refractivity contribution in [3.63, 3.8) is 0 Å². The molecule has 0 aromatic heterocycles. The summed E-state index contributed by atoms with van der Waals surface area (Å²) in [6, 6.07) is 2.22. The Morgan fingerprint density at radius 3 is 2.40 bits per heavy atom. The summed E-state index contributed by atoms with van der Waals surface area (Å²) in [5.74, 6) is 0. The minimum Gasteiger partial charge on any atom is -0.282 e. The Balaban J connectivity index is 3.64. The predicted molar refractivity (Wildman–Crippen MR) is 52.7 cm³/mol. The fourth-order valence-corrected chi connectivity index (χ4v) is 2.20. The van der Waals surface area contributed by atoms with Crippen LogP contribution in [0, 0.1) is 17.0 Å². The Bertz CT molecular complexity index is 524. The number of halogens is 1. The van der Waals surface area contributed by atoms with Gasteiger partial charge in [-0.1, -0.05) is 17.7 Å². The van der Waals surface area contributed by atoms with Crippen molar-refractivity contribution in [1.82, 2.24) is 0 Å². The Morgan fingerprint density at radius 2 is 2.00 bits per heavy atom. The first kappa shape index (κ1) is 11.9. The molecule has 82 valence electrons. The maximum absolute atomic E-state index is 10.8. The second kappa shape index (κ2) is 3.76. The van der Waals surface area contributed by atoms with Crippen LogP contribution in [-0.2, 0) is 10.1 Å². The fraction of sp³-hybridized carbons (Fsp3) is 0.143. The number of nitrogens with zero attached hydrogens (tertiary/aromatic N) is 1. The van der Waals surface area contributed by atoms with Crippen molar-refractivity contribution in [2.75, 3.05) is 0 Å². The van der Waals surface area contributed by atoms with Gasteiger partial charge in [0.25, 0.3) is 15.8 Å². The van der Waals surface area contributed by atoms with E-state index in [2.05, 4.69) is 0 Å². The molecular formula is C7H6ClNO5S. The first-order chi connectivity index (χ1) is 6.75. The Morgan fingerprint density at radius 1 is 1.47 bits per heavy atom. The van der Waals surface area contributed by atoms with E-state index in [0.29, 0.717) is 0 Å². The molecule has 0 aliphatic heterocycles. The second-order valence-electron chi connectivity index (χ2n) is 2.78. The molecule has 0 amide bonds. The molecule has 1 rings (SSSR count). The van der Waals surface area contributed by atoms with Gasteiger partial charge in [0, 0.05) is 5.56 Å². The highest BCUT2D eigenvalue weighted by Crippen LogP contribution is 2.33. The third-order valence-corrected chi connectivity index (χ3v) is 3.13. The molecule has 0 heterocycles. The van der Waals surface area contributed by atoms with Crippen molar-refractivity contribution < 1.29 is 17.9 Å². The van der Waals surface area contributed by atoms with Crippen LogP contribution in [0.2, 0.25) is 5.02 Å². The molecule has 6 nitrogen and oxygen atoms in total. The molecule has 0 aliphatic rings. The molecular weight excluding hydrogens is 246 g/mol. The molecule has 0 radical (unpaired) electrons. The summed E-state index contributed by atoms with van der Waals surface area (Å²) in [7, 11) is -4.54. The van der Waals surface area contributed by atoms with E-state index in [4.69, 9.17) is 16.2 Å². The van der Waals surface area contributed by atoms with Gasteiger partial charge < -0.3 is 0 Å². The molecule has 0 fully saturated rings. The summed E-state index contributed by atoms with van der Waals surface area (Å²) in [6.45, 7) is 1.41. The van der Waals surface area contributed by atoms with Crippen LogP contribution in [0.1, 0.15) is 5.56 Å². The van der Waals surface area contributed by atoms with E-state index in [-0.39, 0.29) is 5.56 Å². The lowest BCUT2D eigenvalue weighted by molar-refractivity contribution is -0.385. The maximum Gasteiger partial charge on any atom is 0.296 e. The minimum absolute atomic E-state index is 0.220. The van der Waals surface area contributed by atoms with Gasteiger partial charge in [0.2, 0.25) is 0 Å². The summed E-state index contributed by atoms with van der Waals surface area (Å²) in [6.07, 6.45) is 0. The third-order valence-electron chi connectivity index (χ3n) is 1.74. The van der Waals surface area contributed by atoms with E-state index in [1.54, 1.807) is 0 Å². The number of nitro groups is 1. The van der Waals surface area contributed by atoms with Crippen LogP contribution >= 0.6 is 11.6 Å². The Hall–Kier alpha value is -1.18. The lowest BCUT2D eigenvalue weighted by Crippen LogP contribution is -2.02. The summed E-state index contributed by atoms with van der Waals surface area (Å²) < 4.78 is 30.3. The lowest BCUT2D eigenvalue weighted by atomic mass is 10.2. The SMILES string of the molecule is Cc1ccc(S(=O)(=O)O)c(Cl)c1[N+](=O)[O-]. The molecule has 0 aliphatic carbocycles. The van der Waals surface area contributed by atoms with Gasteiger partial charge in [-0.05, 0) is 13.0 Å². The van der Waals surface area contributed by atoms with Gasteiger partial charge in [-0.3, -0.25) is 14.7 Å². The zero-order valence-electron chi connectivity index (χ0n) is 7.47. The molecule has 1 aromatic carbocycles. The maximum atomic E-state index is 10.8. The van der Waals surface area contributed by atoms with Gasteiger partial charge in [-0.15, -0.1) is 0 Å². The zero-order valence-corrected chi connectivity index (χ0v) is 9.04. The summed E-state index contributed by atoms with van der Waals surface area (Å²) in [5.41, 5.74) is -0.302. The average molecular weight is 252 g/mol. The van der Waals surface area contributed by atoms with Crippen molar-refractivity contribution in [3.8, 4) is 0 Å². The van der Waals surface area contributed by atoms with E-state index < -0.39 is 30.6 Å². The van der Waals surface area contributed by atoms with E-state index in [1.807, 2.05) is 0 Å². The first-order valence-corrected chi connectivity index (χ1v) is 5.48. The van der Waals surface area contributed by atoms with Crippen molar-refractivity contribution in [2.24, 2.45) is 0 Å². The van der Waals surface area contributed by atoms with Crippen LogP contribution in [0.25, 0.3) is 0 Å². The standard InChI is InChI=1S/C7H6ClNO5S/c1-4-2-3-5(15(12,13)14)6(8)7(4)9(10)11/h2-3H,1H3,(H,12,13,14). The molecule has 0 saturated heterocycles. The van der Waals surface area contributed by atoms with Crippen molar-refractivity contribution in [3.05, 3.63) is 32.8 Å². The largest absolute Gasteiger partial charge is 0.296 e. The number of benzene rings is 1. The molecule has 0 atom stereocenters. The molecule has 0 bridgehead atoms. The number of nitro benzene ring substituents is 1. The van der Waals surface area contributed by atoms with Crippen LogP contribution in [0.3, 0.4) is 0 Å². The van der Waals surface area contributed by atoms with Gasteiger partial charge in [0.1, 0.15) is 9.92 Å². The van der Waals surface area contributed by atoms with Crippen LogP contribution in [0.5, 0.6) is 0 Å².